The molecule has 1 aromatic heterocycles. The molecule has 2 heteroatoms. The summed E-state index contributed by atoms with van der Waals surface area (Å²) in [5.41, 5.74) is 0.530. The lowest BCUT2D eigenvalue weighted by atomic mass is 9.91. The number of thiophene rings is 1. The molecule has 0 amide bonds. The largest absolute Gasteiger partial charge is 0.309 e. The first-order chi connectivity index (χ1) is 7.46. The van der Waals surface area contributed by atoms with Crippen LogP contribution < -0.4 is 5.32 Å². The summed E-state index contributed by atoms with van der Waals surface area (Å²) in [5.74, 6) is 0.816. The van der Waals surface area contributed by atoms with Gasteiger partial charge in [-0.3, -0.25) is 0 Å². The molecule has 0 bridgehead atoms. The van der Waals surface area contributed by atoms with E-state index in [2.05, 4.69) is 45.1 Å². The zero-order valence-electron chi connectivity index (χ0n) is 10.8. The van der Waals surface area contributed by atoms with Gasteiger partial charge in [0, 0.05) is 22.3 Å². The van der Waals surface area contributed by atoms with Gasteiger partial charge in [0.05, 0.1) is 0 Å². The van der Waals surface area contributed by atoms with Crippen LogP contribution in [0.15, 0.2) is 12.1 Å². The number of rotatable bonds is 3. The van der Waals surface area contributed by atoms with Gasteiger partial charge in [-0.2, -0.15) is 0 Å². The van der Waals surface area contributed by atoms with Crippen molar-refractivity contribution in [2.24, 2.45) is 11.3 Å². The molecule has 0 spiro atoms. The second-order valence-electron chi connectivity index (χ2n) is 6.05. The first-order valence-corrected chi connectivity index (χ1v) is 7.07. The average Bonchev–Trinajstić information content (AvgIpc) is 2.67. The van der Waals surface area contributed by atoms with Crippen LogP contribution in [-0.2, 0) is 6.54 Å². The molecule has 1 fully saturated rings. The Balaban J connectivity index is 1.87. The first kappa shape index (κ1) is 12.1. The third-order valence-electron chi connectivity index (χ3n) is 3.67. The van der Waals surface area contributed by atoms with Crippen molar-refractivity contribution in [3.8, 4) is 0 Å². The fourth-order valence-corrected chi connectivity index (χ4v) is 3.82. The van der Waals surface area contributed by atoms with E-state index in [0.29, 0.717) is 11.5 Å². The Kier molecular flexibility index (Phi) is 3.41. The normalized spacial score (nSPS) is 28.5. The summed E-state index contributed by atoms with van der Waals surface area (Å²) >= 11 is 1.91. The zero-order valence-corrected chi connectivity index (χ0v) is 11.7. The summed E-state index contributed by atoms with van der Waals surface area (Å²) in [5, 5.41) is 3.73. The van der Waals surface area contributed by atoms with Gasteiger partial charge in [0.1, 0.15) is 0 Å². The monoisotopic (exact) mass is 237 g/mol. The van der Waals surface area contributed by atoms with Crippen molar-refractivity contribution >= 4 is 11.3 Å². The van der Waals surface area contributed by atoms with Crippen molar-refractivity contribution in [3.05, 3.63) is 21.9 Å². The van der Waals surface area contributed by atoms with Crippen LogP contribution in [-0.4, -0.2) is 6.04 Å². The van der Waals surface area contributed by atoms with E-state index in [9.17, 15) is 0 Å². The Morgan fingerprint density at radius 2 is 2.12 bits per heavy atom. The van der Waals surface area contributed by atoms with Crippen LogP contribution in [0.2, 0.25) is 0 Å². The lowest BCUT2D eigenvalue weighted by molar-refractivity contribution is 0.362. The zero-order chi connectivity index (χ0) is 11.8. The Labute approximate surface area is 103 Å². The van der Waals surface area contributed by atoms with Gasteiger partial charge in [-0.25, -0.2) is 0 Å². The quantitative estimate of drug-likeness (QED) is 0.838. The van der Waals surface area contributed by atoms with E-state index in [1.165, 1.54) is 22.6 Å². The predicted octanol–water partition coefficient (Wildman–Crippen LogP) is 3.97. The Hall–Kier alpha value is -0.340. The van der Waals surface area contributed by atoms with Crippen LogP contribution in [0.3, 0.4) is 0 Å². The smallest absolute Gasteiger partial charge is 0.0302 e. The van der Waals surface area contributed by atoms with E-state index in [1.54, 1.807) is 0 Å². The maximum Gasteiger partial charge on any atom is 0.0302 e. The van der Waals surface area contributed by atoms with Gasteiger partial charge >= 0.3 is 0 Å². The van der Waals surface area contributed by atoms with Crippen molar-refractivity contribution in [1.82, 2.24) is 5.32 Å². The Morgan fingerprint density at radius 3 is 2.62 bits per heavy atom. The molecule has 0 saturated heterocycles. The summed E-state index contributed by atoms with van der Waals surface area (Å²) in [6.45, 7) is 10.4. The molecule has 0 aromatic carbocycles. The van der Waals surface area contributed by atoms with Crippen LogP contribution in [0.4, 0.5) is 0 Å². The van der Waals surface area contributed by atoms with Crippen LogP contribution in [0.1, 0.15) is 43.4 Å². The molecule has 0 radical (unpaired) electrons. The molecule has 2 unspecified atom stereocenters. The van der Waals surface area contributed by atoms with E-state index < -0.39 is 0 Å². The lowest BCUT2D eigenvalue weighted by Gasteiger charge is -2.18. The second kappa shape index (κ2) is 4.50. The number of nitrogens with one attached hydrogen (secondary N) is 1. The standard InChI is InChI=1S/C14H23NS/c1-10-7-14(3,4)8-13(10)15-9-12-6-5-11(2)16-12/h5-6,10,13,15H,7-9H2,1-4H3. The van der Waals surface area contributed by atoms with Crippen molar-refractivity contribution < 1.29 is 0 Å². The van der Waals surface area contributed by atoms with Gasteiger partial charge in [0.25, 0.3) is 0 Å². The molecule has 16 heavy (non-hydrogen) atoms. The second-order valence-corrected chi connectivity index (χ2v) is 7.42. The summed E-state index contributed by atoms with van der Waals surface area (Å²) in [4.78, 5) is 2.88. The van der Waals surface area contributed by atoms with Gasteiger partial charge in [-0.1, -0.05) is 20.8 Å². The molecule has 2 atom stereocenters. The molecular formula is C14H23NS. The summed E-state index contributed by atoms with van der Waals surface area (Å²) in [6.07, 6.45) is 2.67. The first-order valence-electron chi connectivity index (χ1n) is 6.25. The highest BCUT2D eigenvalue weighted by atomic mass is 32.1. The van der Waals surface area contributed by atoms with E-state index in [4.69, 9.17) is 0 Å². The maximum atomic E-state index is 3.73. The van der Waals surface area contributed by atoms with Crippen LogP contribution in [0.25, 0.3) is 0 Å². The maximum absolute atomic E-state index is 3.73. The molecule has 1 aromatic rings. The molecule has 1 aliphatic rings. The van der Waals surface area contributed by atoms with E-state index in [0.717, 1.165) is 12.5 Å². The molecule has 1 nitrogen and oxygen atoms in total. The summed E-state index contributed by atoms with van der Waals surface area (Å²) < 4.78 is 0. The van der Waals surface area contributed by atoms with E-state index in [1.807, 2.05) is 11.3 Å². The predicted molar refractivity (Wildman–Crippen MR) is 71.9 cm³/mol. The lowest BCUT2D eigenvalue weighted by Crippen LogP contribution is -2.30. The van der Waals surface area contributed by atoms with Gasteiger partial charge in [0.2, 0.25) is 0 Å². The minimum absolute atomic E-state index is 0.530. The van der Waals surface area contributed by atoms with Gasteiger partial charge < -0.3 is 5.32 Å². The van der Waals surface area contributed by atoms with Crippen molar-refractivity contribution in [1.29, 1.82) is 0 Å². The fraction of sp³-hybridized carbons (Fsp3) is 0.714. The van der Waals surface area contributed by atoms with E-state index in [-0.39, 0.29) is 0 Å². The minimum atomic E-state index is 0.530. The molecule has 0 aliphatic heterocycles. The fourth-order valence-electron chi connectivity index (χ4n) is 2.98. The third kappa shape index (κ3) is 2.86. The summed E-state index contributed by atoms with van der Waals surface area (Å²) in [6, 6.07) is 5.17. The minimum Gasteiger partial charge on any atom is -0.309 e. The van der Waals surface area contributed by atoms with Gasteiger partial charge in [-0.05, 0) is 43.2 Å². The van der Waals surface area contributed by atoms with Gasteiger partial charge in [0.15, 0.2) is 0 Å². The van der Waals surface area contributed by atoms with Crippen molar-refractivity contribution in [3.63, 3.8) is 0 Å². The Bertz CT molecular complexity index is 353. The number of hydrogen-bond acceptors (Lipinski definition) is 2. The Morgan fingerprint density at radius 1 is 1.38 bits per heavy atom. The summed E-state index contributed by atoms with van der Waals surface area (Å²) in [7, 11) is 0. The molecule has 90 valence electrons. The highest BCUT2D eigenvalue weighted by molar-refractivity contribution is 7.11. The molecule has 1 saturated carbocycles. The van der Waals surface area contributed by atoms with Crippen molar-refractivity contribution in [2.45, 2.75) is 53.1 Å². The van der Waals surface area contributed by atoms with Crippen molar-refractivity contribution in [2.75, 3.05) is 0 Å². The van der Waals surface area contributed by atoms with Crippen LogP contribution >= 0.6 is 11.3 Å². The molecule has 1 aliphatic carbocycles. The molecule has 2 rings (SSSR count). The number of hydrogen-bond donors (Lipinski definition) is 1. The van der Waals surface area contributed by atoms with Crippen LogP contribution in [0.5, 0.6) is 0 Å². The SMILES string of the molecule is Cc1ccc(CNC2CC(C)(C)CC2C)s1. The van der Waals surface area contributed by atoms with Crippen LogP contribution in [0, 0.1) is 18.3 Å². The highest BCUT2D eigenvalue weighted by Crippen LogP contribution is 2.40. The third-order valence-corrected chi connectivity index (χ3v) is 4.67. The van der Waals surface area contributed by atoms with Gasteiger partial charge in [-0.15, -0.1) is 11.3 Å². The highest BCUT2D eigenvalue weighted by Gasteiger charge is 2.36. The topological polar surface area (TPSA) is 12.0 Å². The average molecular weight is 237 g/mol. The molecule has 1 heterocycles. The van der Waals surface area contributed by atoms with E-state index >= 15 is 0 Å². The molecule has 1 N–H and O–H groups in total. The number of aryl methyl sites for hydroxylation is 1. The molecular weight excluding hydrogens is 214 g/mol.